The number of nitrogens with zero attached hydrogens (tertiary/aromatic N) is 6. The van der Waals surface area contributed by atoms with Gasteiger partial charge in [-0.1, -0.05) is 6.92 Å². The second-order valence-corrected chi connectivity index (χ2v) is 8.00. The van der Waals surface area contributed by atoms with Crippen molar-refractivity contribution in [1.82, 2.24) is 15.0 Å². The number of halogens is 1. The smallest absolute Gasteiger partial charge is 0.187 e. The van der Waals surface area contributed by atoms with Crippen LogP contribution in [0.2, 0.25) is 0 Å². The largest absolute Gasteiger partial charge is 0.376 e. The van der Waals surface area contributed by atoms with Gasteiger partial charge in [0.05, 0.1) is 30.2 Å². The van der Waals surface area contributed by atoms with Crippen LogP contribution in [0.15, 0.2) is 12.4 Å². The van der Waals surface area contributed by atoms with E-state index in [1.165, 1.54) is 6.33 Å². The van der Waals surface area contributed by atoms with Crippen LogP contribution in [0.25, 0.3) is 0 Å². The molecule has 0 saturated carbocycles. The van der Waals surface area contributed by atoms with Crippen LogP contribution in [0.4, 0.5) is 16.0 Å². The molecule has 0 atom stereocenters. The summed E-state index contributed by atoms with van der Waals surface area (Å²) in [6.07, 6.45) is 4.70. The minimum Gasteiger partial charge on any atom is -0.376 e. The summed E-state index contributed by atoms with van der Waals surface area (Å²) in [4.78, 5) is 17.1. The van der Waals surface area contributed by atoms with E-state index in [1.807, 2.05) is 24.9 Å². The van der Waals surface area contributed by atoms with Crippen molar-refractivity contribution >= 4 is 11.6 Å². The molecule has 0 bridgehead atoms. The maximum Gasteiger partial charge on any atom is 0.187 e. The molecule has 0 unspecified atom stereocenters. The highest BCUT2D eigenvalue weighted by Gasteiger charge is 2.26. The van der Waals surface area contributed by atoms with Crippen molar-refractivity contribution in [1.29, 1.82) is 5.26 Å². The van der Waals surface area contributed by atoms with Crippen molar-refractivity contribution in [3.63, 3.8) is 0 Å². The van der Waals surface area contributed by atoms with Gasteiger partial charge in [0.15, 0.2) is 11.6 Å². The van der Waals surface area contributed by atoms with E-state index < -0.39 is 0 Å². The highest BCUT2D eigenvalue weighted by atomic mass is 19.1. The van der Waals surface area contributed by atoms with E-state index >= 15 is 0 Å². The number of fused-ring (bicyclic) bond motifs is 1. The minimum absolute atomic E-state index is 0.319. The van der Waals surface area contributed by atoms with Crippen LogP contribution in [0.3, 0.4) is 0 Å². The number of aryl methyl sites for hydroxylation is 1. The standard InChI is InChI=1S/C22H27FN6O/c1-3-18-20(23)22(26-14-25-18)28(2)12-15-4-7-29(8-5-15)21-16(11-24)10-17-13-30-9-6-19(17)27-21/h10,14-15H,3-9,12-13H2,1-2H3. The third-order valence-electron chi connectivity index (χ3n) is 6.02. The van der Waals surface area contributed by atoms with Crippen molar-refractivity contribution < 1.29 is 9.13 Å². The lowest BCUT2D eigenvalue weighted by Crippen LogP contribution is -2.39. The summed E-state index contributed by atoms with van der Waals surface area (Å²) in [5.41, 5.74) is 3.14. The van der Waals surface area contributed by atoms with E-state index in [1.54, 1.807) is 0 Å². The summed E-state index contributed by atoms with van der Waals surface area (Å²) in [7, 11) is 1.89. The van der Waals surface area contributed by atoms with Gasteiger partial charge in [0.1, 0.15) is 18.2 Å². The van der Waals surface area contributed by atoms with Crippen LogP contribution < -0.4 is 9.80 Å². The van der Waals surface area contributed by atoms with Gasteiger partial charge in [-0.15, -0.1) is 0 Å². The first-order valence-electron chi connectivity index (χ1n) is 10.6. The first-order chi connectivity index (χ1) is 14.6. The molecule has 1 fully saturated rings. The lowest BCUT2D eigenvalue weighted by atomic mass is 9.95. The number of pyridine rings is 1. The second-order valence-electron chi connectivity index (χ2n) is 8.00. The third-order valence-corrected chi connectivity index (χ3v) is 6.02. The van der Waals surface area contributed by atoms with Gasteiger partial charge in [-0.3, -0.25) is 0 Å². The van der Waals surface area contributed by atoms with Crippen LogP contribution in [0.5, 0.6) is 0 Å². The van der Waals surface area contributed by atoms with Crippen LogP contribution in [-0.2, 0) is 24.2 Å². The molecule has 0 radical (unpaired) electrons. The number of hydrogen-bond acceptors (Lipinski definition) is 7. The van der Waals surface area contributed by atoms with Gasteiger partial charge in [0.25, 0.3) is 0 Å². The van der Waals surface area contributed by atoms with E-state index in [0.717, 1.165) is 56.0 Å². The molecule has 1 saturated heterocycles. The molecule has 2 aliphatic heterocycles. The molecule has 0 aliphatic carbocycles. The lowest BCUT2D eigenvalue weighted by molar-refractivity contribution is 0.109. The van der Waals surface area contributed by atoms with Gasteiger partial charge in [-0.05, 0) is 31.2 Å². The number of ether oxygens (including phenoxy) is 1. The molecule has 2 aromatic rings. The molecule has 7 nitrogen and oxygen atoms in total. The van der Waals surface area contributed by atoms with Gasteiger partial charge in [-0.2, -0.15) is 5.26 Å². The Balaban J connectivity index is 1.42. The molecule has 8 heteroatoms. The van der Waals surface area contributed by atoms with Crippen molar-refractivity contribution in [2.24, 2.45) is 5.92 Å². The van der Waals surface area contributed by atoms with Crippen molar-refractivity contribution in [3.05, 3.63) is 40.7 Å². The summed E-state index contributed by atoms with van der Waals surface area (Å²) < 4.78 is 20.0. The maximum absolute atomic E-state index is 14.6. The van der Waals surface area contributed by atoms with Crippen molar-refractivity contribution in [3.8, 4) is 6.07 Å². The number of anilines is 2. The minimum atomic E-state index is -0.319. The molecule has 0 spiro atoms. The number of nitriles is 1. The molecule has 158 valence electrons. The zero-order chi connectivity index (χ0) is 21.1. The number of rotatable bonds is 5. The Bertz CT molecular complexity index is 951. The molecule has 2 aliphatic rings. The Morgan fingerprint density at radius 2 is 2.13 bits per heavy atom. The Morgan fingerprint density at radius 3 is 2.87 bits per heavy atom. The predicted molar refractivity (Wildman–Crippen MR) is 112 cm³/mol. The maximum atomic E-state index is 14.6. The molecule has 4 heterocycles. The van der Waals surface area contributed by atoms with Crippen molar-refractivity contribution in [2.45, 2.75) is 39.2 Å². The quantitative estimate of drug-likeness (QED) is 0.750. The van der Waals surface area contributed by atoms with E-state index in [4.69, 9.17) is 9.72 Å². The highest BCUT2D eigenvalue weighted by molar-refractivity contribution is 5.56. The highest BCUT2D eigenvalue weighted by Crippen LogP contribution is 2.29. The topological polar surface area (TPSA) is 78.2 Å². The second kappa shape index (κ2) is 8.92. The van der Waals surface area contributed by atoms with Crippen LogP contribution in [0, 0.1) is 23.1 Å². The number of piperidine rings is 1. The molecule has 0 N–H and O–H groups in total. The average molecular weight is 410 g/mol. The molecule has 0 amide bonds. The summed E-state index contributed by atoms with van der Waals surface area (Å²) in [5.74, 6) is 1.28. The summed E-state index contributed by atoms with van der Waals surface area (Å²) in [6.45, 7) is 5.52. The molecule has 30 heavy (non-hydrogen) atoms. The van der Waals surface area contributed by atoms with Gasteiger partial charge < -0.3 is 14.5 Å². The van der Waals surface area contributed by atoms with Crippen LogP contribution in [0.1, 0.15) is 42.3 Å². The average Bonchev–Trinajstić information content (AvgIpc) is 2.78. The van der Waals surface area contributed by atoms with Crippen LogP contribution >= 0.6 is 0 Å². The Hall–Kier alpha value is -2.79. The summed E-state index contributed by atoms with van der Waals surface area (Å²) in [6, 6.07) is 4.23. The van der Waals surface area contributed by atoms with E-state index in [2.05, 4.69) is 20.9 Å². The van der Waals surface area contributed by atoms with Gasteiger partial charge >= 0.3 is 0 Å². The normalized spacial score (nSPS) is 16.8. The fraction of sp³-hybridized carbons (Fsp3) is 0.545. The monoisotopic (exact) mass is 410 g/mol. The molecule has 4 rings (SSSR count). The number of aromatic nitrogens is 3. The molecular weight excluding hydrogens is 383 g/mol. The Morgan fingerprint density at radius 1 is 1.33 bits per heavy atom. The first kappa shape index (κ1) is 20.5. The third kappa shape index (κ3) is 4.08. The van der Waals surface area contributed by atoms with E-state index in [-0.39, 0.29) is 5.82 Å². The molecule has 2 aromatic heterocycles. The summed E-state index contributed by atoms with van der Waals surface area (Å²) in [5, 5.41) is 9.60. The number of hydrogen-bond donors (Lipinski definition) is 0. The Kier molecular flexibility index (Phi) is 6.09. The van der Waals surface area contributed by atoms with Gasteiger partial charge in [0, 0.05) is 38.7 Å². The van der Waals surface area contributed by atoms with Crippen LogP contribution in [-0.4, -0.2) is 48.2 Å². The predicted octanol–water partition coefficient (Wildman–Crippen LogP) is 2.87. The fourth-order valence-electron chi connectivity index (χ4n) is 4.31. The molecular formula is C22H27FN6O. The lowest BCUT2D eigenvalue weighted by Gasteiger charge is -2.35. The SMILES string of the molecule is CCc1ncnc(N(C)CC2CCN(c3nc4c(cc3C#N)COCC4)CC2)c1F. The zero-order valence-electron chi connectivity index (χ0n) is 17.6. The Labute approximate surface area is 176 Å². The fourth-order valence-corrected chi connectivity index (χ4v) is 4.31. The van der Waals surface area contributed by atoms with E-state index in [9.17, 15) is 9.65 Å². The first-order valence-corrected chi connectivity index (χ1v) is 10.6. The van der Waals surface area contributed by atoms with Gasteiger partial charge in [-0.25, -0.2) is 19.3 Å². The summed E-state index contributed by atoms with van der Waals surface area (Å²) >= 11 is 0. The zero-order valence-corrected chi connectivity index (χ0v) is 17.6. The van der Waals surface area contributed by atoms with E-state index in [0.29, 0.717) is 42.6 Å². The molecule has 0 aromatic carbocycles. The van der Waals surface area contributed by atoms with Gasteiger partial charge in [0.2, 0.25) is 0 Å². The van der Waals surface area contributed by atoms with Crippen molar-refractivity contribution in [2.75, 3.05) is 43.1 Å².